The number of carbonyl (C=O) groups excluding carboxylic acids is 1. The predicted molar refractivity (Wildman–Crippen MR) is 90.7 cm³/mol. The summed E-state index contributed by atoms with van der Waals surface area (Å²) in [7, 11) is -3.65. The van der Waals surface area contributed by atoms with Crippen molar-refractivity contribution in [2.24, 2.45) is 11.8 Å². The fourth-order valence-electron chi connectivity index (χ4n) is 3.71. The smallest absolute Gasteiger partial charge is 0.307 e. The number of carboxylic acid groups (broad SMARTS) is 1. The Morgan fingerprint density at radius 2 is 1.64 bits per heavy atom. The van der Waals surface area contributed by atoms with Crippen molar-refractivity contribution in [1.29, 1.82) is 0 Å². The quantitative estimate of drug-likeness (QED) is 0.798. The second-order valence-corrected chi connectivity index (χ2v) is 8.81. The first kappa shape index (κ1) is 17.9. The molecule has 25 heavy (non-hydrogen) atoms. The van der Waals surface area contributed by atoms with E-state index in [1.54, 1.807) is 23.1 Å². The molecule has 7 nitrogen and oxygen atoms in total. The fraction of sp³-hybridized carbons (Fsp3) is 0.529. The number of hydrogen-bond acceptors (Lipinski definition) is 5. The summed E-state index contributed by atoms with van der Waals surface area (Å²) in [5, 5.41) is 11.8. The summed E-state index contributed by atoms with van der Waals surface area (Å²) in [6.07, 6.45) is 0.0476. The van der Waals surface area contributed by atoms with Crippen LogP contribution in [-0.4, -0.2) is 61.7 Å². The van der Waals surface area contributed by atoms with Crippen molar-refractivity contribution in [2.45, 2.75) is 23.0 Å². The van der Waals surface area contributed by atoms with Crippen LogP contribution in [0.4, 0.5) is 0 Å². The van der Waals surface area contributed by atoms with Crippen molar-refractivity contribution in [3.63, 3.8) is 0 Å². The van der Waals surface area contributed by atoms with Gasteiger partial charge in [0.2, 0.25) is 5.91 Å². The number of carbonyl (C=O) groups is 2. The number of nitrogens with zero attached hydrogens (tertiary/aromatic N) is 1. The number of nitrogens with one attached hydrogen (secondary N) is 1. The fourth-order valence-corrected chi connectivity index (χ4v) is 5.56. The molecule has 1 aliphatic heterocycles. The van der Waals surface area contributed by atoms with Gasteiger partial charge in [-0.1, -0.05) is 18.2 Å². The second-order valence-electron chi connectivity index (χ2n) is 6.58. The number of rotatable bonds is 4. The van der Waals surface area contributed by atoms with Gasteiger partial charge in [0.1, 0.15) is 0 Å². The van der Waals surface area contributed by atoms with E-state index in [-0.39, 0.29) is 23.6 Å². The standard InChI is InChI=1S/C17H22N2O5S/c20-16(19-8-6-18-7-9-19)14-10-13(11-15(14)17(21)22)25(23,24)12-4-2-1-3-5-12/h1-5,13-15,18H,6-11H2,(H,21,22)/t13-,14-,15-/m1/s1. The van der Waals surface area contributed by atoms with E-state index in [9.17, 15) is 23.1 Å². The zero-order chi connectivity index (χ0) is 18.0. The van der Waals surface area contributed by atoms with Crippen LogP contribution >= 0.6 is 0 Å². The normalized spacial score (nSPS) is 27.2. The first-order valence-corrected chi connectivity index (χ1v) is 9.97. The summed E-state index contributed by atoms with van der Waals surface area (Å²) < 4.78 is 25.6. The van der Waals surface area contributed by atoms with Gasteiger partial charge in [0.15, 0.2) is 9.84 Å². The average Bonchev–Trinajstić information content (AvgIpc) is 3.09. The molecule has 136 valence electrons. The van der Waals surface area contributed by atoms with E-state index in [0.717, 1.165) is 0 Å². The summed E-state index contributed by atoms with van der Waals surface area (Å²) in [6.45, 7) is 2.39. The summed E-state index contributed by atoms with van der Waals surface area (Å²) >= 11 is 0. The highest BCUT2D eigenvalue weighted by Crippen LogP contribution is 2.39. The molecule has 0 bridgehead atoms. The summed E-state index contributed by atoms with van der Waals surface area (Å²) in [4.78, 5) is 26.2. The van der Waals surface area contributed by atoms with Crippen LogP contribution in [0, 0.1) is 11.8 Å². The molecule has 2 N–H and O–H groups in total. The Morgan fingerprint density at radius 3 is 2.24 bits per heavy atom. The molecule has 2 fully saturated rings. The van der Waals surface area contributed by atoms with Gasteiger partial charge in [-0.15, -0.1) is 0 Å². The lowest BCUT2D eigenvalue weighted by atomic mass is 9.94. The van der Waals surface area contributed by atoms with Gasteiger partial charge in [0.05, 0.1) is 22.0 Å². The van der Waals surface area contributed by atoms with Gasteiger partial charge >= 0.3 is 5.97 Å². The van der Waals surface area contributed by atoms with Gasteiger partial charge in [-0.05, 0) is 25.0 Å². The van der Waals surface area contributed by atoms with E-state index in [1.165, 1.54) is 12.1 Å². The van der Waals surface area contributed by atoms with Gasteiger partial charge in [-0.3, -0.25) is 9.59 Å². The summed E-state index contributed by atoms with van der Waals surface area (Å²) in [6, 6.07) is 8.03. The molecule has 8 heteroatoms. The average molecular weight is 366 g/mol. The van der Waals surface area contributed by atoms with E-state index in [2.05, 4.69) is 5.32 Å². The lowest BCUT2D eigenvalue weighted by Crippen LogP contribution is -2.49. The lowest BCUT2D eigenvalue weighted by molar-refractivity contribution is -0.149. The molecule has 2 aliphatic rings. The third kappa shape index (κ3) is 3.55. The first-order chi connectivity index (χ1) is 11.9. The van der Waals surface area contributed by atoms with E-state index < -0.39 is 32.9 Å². The van der Waals surface area contributed by atoms with Crippen molar-refractivity contribution in [1.82, 2.24) is 10.2 Å². The Hall–Kier alpha value is -1.93. The molecular formula is C17H22N2O5S. The maximum atomic E-state index is 12.8. The van der Waals surface area contributed by atoms with Gasteiger partial charge in [0, 0.05) is 26.2 Å². The van der Waals surface area contributed by atoms with Gasteiger partial charge in [-0.25, -0.2) is 8.42 Å². The van der Waals surface area contributed by atoms with Crippen LogP contribution in [-0.2, 0) is 19.4 Å². The summed E-state index contributed by atoms with van der Waals surface area (Å²) in [5.41, 5.74) is 0. The van der Waals surface area contributed by atoms with Gasteiger partial charge in [-0.2, -0.15) is 0 Å². The highest BCUT2D eigenvalue weighted by molar-refractivity contribution is 7.92. The van der Waals surface area contributed by atoms with Crippen LogP contribution in [0.1, 0.15) is 12.8 Å². The number of amides is 1. The number of piperazine rings is 1. The minimum atomic E-state index is -3.65. The molecule has 0 spiro atoms. The second kappa shape index (κ2) is 7.13. The van der Waals surface area contributed by atoms with Crippen LogP contribution in [0.3, 0.4) is 0 Å². The number of carboxylic acids is 1. The van der Waals surface area contributed by atoms with Crippen molar-refractivity contribution < 1.29 is 23.1 Å². The molecule has 1 amide bonds. The number of aliphatic carboxylic acids is 1. The topological polar surface area (TPSA) is 104 Å². The number of benzene rings is 1. The van der Waals surface area contributed by atoms with E-state index >= 15 is 0 Å². The Kier molecular flexibility index (Phi) is 5.10. The third-order valence-corrected chi connectivity index (χ3v) is 7.28. The van der Waals surface area contributed by atoms with E-state index in [1.807, 2.05) is 0 Å². The van der Waals surface area contributed by atoms with Crippen molar-refractivity contribution in [3.8, 4) is 0 Å². The molecule has 1 saturated carbocycles. The minimum absolute atomic E-state index is 0.0188. The van der Waals surface area contributed by atoms with Gasteiger partial charge in [0.25, 0.3) is 0 Å². The Labute approximate surface area is 146 Å². The van der Waals surface area contributed by atoms with Crippen LogP contribution in [0.25, 0.3) is 0 Å². The van der Waals surface area contributed by atoms with Crippen molar-refractivity contribution >= 4 is 21.7 Å². The van der Waals surface area contributed by atoms with Crippen LogP contribution < -0.4 is 5.32 Å². The van der Waals surface area contributed by atoms with Crippen LogP contribution in [0.2, 0.25) is 0 Å². The van der Waals surface area contributed by atoms with Crippen LogP contribution in [0.15, 0.2) is 35.2 Å². The molecule has 0 radical (unpaired) electrons. The number of sulfone groups is 1. The molecular weight excluding hydrogens is 344 g/mol. The molecule has 3 rings (SSSR count). The monoisotopic (exact) mass is 366 g/mol. The zero-order valence-corrected chi connectivity index (χ0v) is 14.6. The molecule has 1 heterocycles. The van der Waals surface area contributed by atoms with Crippen molar-refractivity contribution in [3.05, 3.63) is 30.3 Å². The maximum Gasteiger partial charge on any atom is 0.307 e. The molecule has 1 aromatic rings. The Morgan fingerprint density at radius 1 is 1.04 bits per heavy atom. The Bertz CT molecular complexity index is 744. The summed E-state index contributed by atoms with van der Waals surface area (Å²) in [5.74, 6) is -3.07. The predicted octanol–water partition coefficient (Wildman–Crippen LogP) is 0.372. The lowest BCUT2D eigenvalue weighted by Gasteiger charge is -2.30. The highest BCUT2D eigenvalue weighted by atomic mass is 32.2. The molecule has 1 aromatic carbocycles. The highest BCUT2D eigenvalue weighted by Gasteiger charge is 2.48. The van der Waals surface area contributed by atoms with Gasteiger partial charge < -0.3 is 15.3 Å². The third-order valence-electron chi connectivity index (χ3n) is 5.09. The molecule has 0 aromatic heterocycles. The SMILES string of the molecule is O=C(O)[C@@H]1C[C@H](S(=O)(=O)c2ccccc2)C[C@H]1C(=O)N1CCNCC1. The first-order valence-electron chi connectivity index (χ1n) is 8.42. The Balaban J connectivity index is 1.83. The molecule has 3 atom stereocenters. The van der Waals surface area contributed by atoms with Crippen LogP contribution in [0.5, 0.6) is 0 Å². The molecule has 1 aliphatic carbocycles. The maximum absolute atomic E-state index is 12.8. The molecule has 0 unspecified atom stereocenters. The largest absolute Gasteiger partial charge is 0.481 e. The number of hydrogen-bond donors (Lipinski definition) is 2. The molecule has 1 saturated heterocycles. The van der Waals surface area contributed by atoms with Crippen molar-refractivity contribution in [2.75, 3.05) is 26.2 Å². The van der Waals surface area contributed by atoms with E-state index in [0.29, 0.717) is 26.2 Å². The van der Waals surface area contributed by atoms with E-state index in [4.69, 9.17) is 0 Å². The zero-order valence-electron chi connectivity index (χ0n) is 13.8. The minimum Gasteiger partial charge on any atom is -0.481 e.